The Morgan fingerprint density at radius 2 is 1.30 bits per heavy atom. The van der Waals surface area contributed by atoms with Crippen molar-refractivity contribution in [1.29, 1.82) is 0 Å². The van der Waals surface area contributed by atoms with Crippen molar-refractivity contribution in [3.05, 3.63) is 0 Å². The molecule has 0 aliphatic rings. The number of hydrogen-bond acceptors (Lipinski definition) is 4. The van der Waals surface area contributed by atoms with Crippen molar-refractivity contribution in [2.24, 2.45) is 23.7 Å². The molecular formula is C16H30O4. The van der Waals surface area contributed by atoms with Crippen LogP contribution in [0.1, 0.15) is 54.4 Å². The molecule has 0 spiro atoms. The molecule has 0 heterocycles. The zero-order valence-electron chi connectivity index (χ0n) is 13.8. The molecule has 4 heteroatoms. The van der Waals surface area contributed by atoms with E-state index in [4.69, 9.17) is 9.47 Å². The van der Waals surface area contributed by atoms with E-state index in [1.54, 1.807) is 0 Å². The highest BCUT2D eigenvalue weighted by Gasteiger charge is 2.25. The number of carbonyl (C=O) groups excluding carboxylic acids is 2. The molecule has 0 radical (unpaired) electrons. The lowest BCUT2D eigenvalue weighted by Gasteiger charge is -2.18. The van der Waals surface area contributed by atoms with Gasteiger partial charge in [-0.1, -0.05) is 41.5 Å². The molecule has 4 nitrogen and oxygen atoms in total. The number of ether oxygens (including phenoxy) is 2. The van der Waals surface area contributed by atoms with Gasteiger partial charge in [-0.05, 0) is 24.2 Å². The summed E-state index contributed by atoms with van der Waals surface area (Å²) >= 11 is 0. The summed E-state index contributed by atoms with van der Waals surface area (Å²) < 4.78 is 10.4. The van der Waals surface area contributed by atoms with Crippen LogP contribution in [0.25, 0.3) is 0 Å². The van der Waals surface area contributed by atoms with E-state index < -0.39 is 5.92 Å². The van der Waals surface area contributed by atoms with Gasteiger partial charge in [0.1, 0.15) is 0 Å². The molecule has 20 heavy (non-hydrogen) atoms. The summed E-state index contributed by atoms with van der Waals surface area (Å²) in [5.41, 5.74) is 0. The van der Waals surface area contributed by atoms with Crippen LogP contribution in [0.5, 0.6) is 0 Å². The quantitative estimate of drug-likeness (QED) is 0.609. The fourth-order valence-electron chi connectivity index (χ4n) is 1.72. The molecule has 0 saturated carbocycles. The lowest BCUT2D eigenvalue weighted by molar-refractivity contribution is -0.157. The Kier molecular flexibility index (Phi) is 9.26. The highest BCUT2D eigenvalue weighted by Crippen LogP contribution is 2.18. The van der Waals surface area contributed by atoms with Crippen LogP contribution in [0.2, 0.25) is 0 Å². The Balaban J connectivity index is 4.39. The van der Waals surface area contributed by atoms with Crippen molar-refractivity contribution in [3.63, 3.8) is 0 Å². The minimum atomic E-state index is -0.395. The summed E-state index contributed by atoms with van der Waals surface area (Å²) in [5.74, 6) is -0.0559. The largest absolute Gasteiger partial charge is 0.465 e. The van der Waals surface area contributed by atoms with E-state index in [2.05, 4.69) is 0 Å². The summed E-state index contributed by atoms with van der Waals surface area (Å²) in [4.78, 5) is 23.8. The topological polar surface area (TPSA) is 52.6 Å². The third-order valence-corrected chi connectivity index (χ3v) is 2.64. The summed E-state index contributed by atoms with van der Waals surface area (Å²) in [6.45, 7) is 12.8. The molecule has 0 aliphatic heterocycles. The van der Waals surface area contributed by atoms with Crippen LogP contribution in [0.15, 0.2) is 0 Å². The maximum Gasteiger partial charge on any atom is 0.309 e. The highest BCUT2D eigenvalue weighted by molar-refractivity contribution is 5.80. The van der Waals surface area contributed by atoms with Gasteiger partial charge in [0.2, 0.25) is 0 Å². The van der Waals surface area contributed by atoms with Gasteiger partial charge < -0.3 is 9.47 Å². The molecule has 0 saturated heterocycles. The minimum absolute atomic E-state index is 0.113. The van der Waals surface area contributed by atoms with Gasteiger partial charge in [0.15, 0.2) is 0 Å². The van der Waals surface area contributed by atoms with Crippen molar-refractivity contribution in [2.75, 3.05) is 13.2 Å². The molecule has 0 aliphatic carbocycles. The fourth-order valence-corrected chi connectivity index (χ4v) is 1.72. The van der Waals surface area contributed by atoms with Crippen LogP contribution in [0.4, 0.5) is 0 Å². The average molecular weight is 286 g/mol. The second-order valence-electron chi connectivity index (χ2n) is 6.63. The second kappa shape index (κ2) is 9.78. The zero-order valence-corrected chi connectivity index (χ0v) is 13.8. The summed E-state index contributed by atoms with van der Waals surface area (Å²) in [5, 5.41) is 0. The smallest absolute Gasteiger partial charge is 0.309 e. The number of hydrogen-bond donors (Lipinski definition) is 0. The van der Waals surface area contributed by atoms with Crippen LogP contribution in [-0.4, -0.2) is 25.2 Å². The number of esters is 2. The van der Waals surface area contributed by atoms with Crippen LogP contribution >= 0.6 is 0 Å². The van der Waals surface area contributed by atoms with E-state index in [1.165, 1.54) is 0 Å². The first-order valence-electron chi connectivity index (χ1n) is 7.54. The normalized spacial score (nSPS) is 12.8. The van der Waals surface area contributed by atoms with E-state index in [9.17, 15) is 9.59 Å². The lowest BCUT2D eigenvalue weighted by Crippen LogP contribution is -2.25. The Bertz CT molecular complexity index is 295. The number of carbonyl (C=O) groups is 2. The van der Waals surface area contributed by atoms with Gasteiger partial charge in [0, 0.05) is 0 Å². The molecule has 1 unspecified atom stereocenters. The molecule has 0 rings (SSSR count). The lowest BCUT2D eigenvalue weighted by atomic mass is 9.94. The van der Waals surface area contributed by atoms with E-state index in [0.717, 1.165) is 0 Å². The molecule has 0 amide bonds. The van der Waals surface area contributed by atoms with Gasteiger partial charge in [0.05, 0.1) is 25.6 Å². The molecule has 118 valence electrons. The number of rotatable bonds is 9. The summed E-state index contributed by atoms with van der Waals surface area (Å²) in [6, 6.07) is 0. The summed E-state index contributed by atoms with van der Waals surface area (Å²) in [7, 11) is 0. The summed E-state index contributed by atoms with van der Waals surface area (Å²) in [6.07, 6.45) is 0.759. The van der Waals surface area contributed by atoms with Crippen molar-refractivity contribution in [2.45, 2.75) is 54.4 Å². The van der Waals surface area contributed by atoms with E-state index in [-0.39, 0.29) is 18.4 Å². The fraction of sp³-hybridized carbons (Fsp3) is 0.875. The maximum absolute atomic E-state index is 12.0. The highest BCUT2D eigenvalue weighted by atomic mass is 16.5. The van der Waals surface area contributed by atoms with E-state index in [1.807, 2.05) is 41.5 Å². The van der Waals surface area contributed by atoms with Crippen molar-refractivity contribution < 1.29 is 19.1 Å². The van der Waals surface area contributed by atoms with E-state index >= 15 is 0 Å². The second-order valence-corrected chi connectivity index (χ2v) is 6.63. The molecule has 0 aromatic carbocycles. The van der Waals surface area contributed by atoms with Gasteiger partial charge in [-0.15, -0.1) is 0 Å². The molecule has 0 fully saturated rings. The third-order valence-electron chi connectivity index (χ3n) is 2.64. The van der Waals surface area contributed by atoms with Gasteiger partial charge >= 0.3 is 11.9 Å². The van der Waals surface area contributed by atoms with Crippen molar-refractivity contribution in [1.82, 2.24) is 0 Å². The molecular weight excluding hydrogens is 256 g/mol. The maximum atomic E-state index is 12.0. The van der Waals surface area contributed by atoms with Gasteiger partial charge in [-0.2, -0.15) is 0 Å². The van der Waals surface area contributed by atoms with Crippen molar-refractivity contribution in [3.8, 4) is 0 Å². The van der Waals surface area contributed by atoms with Crippen molar-refractivity contribution >= 4 is 11.9 Å². The van der Waals surface area contributed by atoms with Crippen LogP contribution < -0.4 is 0 Å². The minimum Gasteiger partial charge on any atom is -0.465 e. The monoisotopic (exact) mass is 286 g/mol. The van der Waals surface area contributed by atoms with Gasteiger partial charge in [-0.25, -0.2) is 0 Å². The SMILES string of the molecule is CC(C)COC(=O)CC(CC(C)C)C(=O)OCC(C)C. The Morgan fingerprint density at radius 1 is 0.800 bits per heavy atom. The Hall–Kier alpha value is -1.06. The molecule has 0 bridgehead atoms. The standard InChI is InChI=1S/C16H30O4/c1-11(2)7-14(16(18)20-10-13(5)6)8-15(17)19-9-12(3)4/h11-14H,7-10H2,1-6H3. The van der Waals surface area contributed by atoms with Crippen LogP contribution in [0.3, 0.4) is 0 Å². The first kappa shape index (κ1) is 18.9. The molecule has 0 aromatic rings. The van der Waals surface area contributed by atoms with Gasteiger partial charge in [-0.3, -0.25) is 9.59 Å². The van der Waals surface area contributed by atoms with Crippen LogP contribution in [0, 0.1) is 23.7 Å². The Labute approximate surface area is 123 Å². The first-order chi connectivity index (χ1) is 9.22. The van der Waals surface area contributed by atoms with Gasteiger partial charge in [0.25, 0.3) is 0 Å². The molecule has 0 N–H and O–H groups in total. The van der Waals surface area contributed by atoms with Crippen LogP contribution in [-0.2, 0) is 19.1 Å². The van der Waals surface area contributed by atoms with E-state index in [0.29, 0.717) is 37.4 Å². The predicted molar refractivity (Wildman–Crippen MR) is 79.2 cm³/mol. The average Bonchev–Trinajstić information content (AvgIpc) is 2.32. The third kappa shape index (κ3) is 9.82. The first-order valence-corrected chi connectivity index (χ1v) is 7.54. The molecule has 1 atom stereocenters. The predicted octanol–water partition coefficient (Wildman–Crippen LogP) is 3.44. The zero-order chi connectivity index (χ0) is 15.7. The molecule has 0 aromatic heterocycles. The Morgan fingerprint density at radius 3 is 1.75 bits per heavy atom.